The van der Waals surface area contributed by atoms with E-state index < -0.39 is 0 Å². The van der Waals surface area contributed by atoms with Gasteiger partial charge in [0.25, 0.3) is 0 Å². The molecule has 1 fully saturated rings. The minimum absolute atomic E-state index is 0.0921. The van der Waals surface area contributed by atoms with Gasteiger partial charge < -0.3 is 21.3 Å². The summed E-state index contributed by atoms with van der Waals surface area (Å²) < 4.78 is 0. The smallest absolute Gasteiger partial charge is 0.229 e. The highest BCUT2D eigenvalue weighted by molar-refractivity contribution is 7.10. The summed E-state index contributed by atoms with van der Waals surface area (Å²) in [5, 5.41) is 13.5. The highest BCUT2D eigenvalue weighted by atomic mass is 32.1. The SMILES string of the molecule is CC.CC.Cc1cc(N)c(C(=N)/C=C/c2cccc(CN3CCC(C=O)CC3)c2)cc1NC(=O)Cc1cccs1. The number of likely N-dealkylation sites (tertiary alicyclic amines) is 1. The second-order valence-electron chi connectivity index (χ2n) is 9.30. The molecule has 2 aromatic carbocycles. The van der Waals surface area contributed by atoms with E-state index in [4.69, 9.17) is 11.1 Å². The number of nitrogen functional groups attached to an aromatic ring is 1. The average molecular weight is 561 g/mol. The molecule has 7 heteroatoms. The van der Waals surface area contributed by atoms with Crippen LogP contribution in [0.5, 0.6) is 0 Å². The van der Waals surface area contributed by atoms with E-state index in [9.17, 15) is 9.59 Å². The molecule has 0 bridgehead atoms. The summed E-state index contributed by atoms with van der Waals surface area (Å²) in [6.07, 6.45) is 6.91. The maximum atomic E-state index is 12.5. The molecule has 0 aliphatic carbocycles. The summed E-state index contributed by atoms with van der Waals surface area (Å²) in [4.78, 5) is 26.9. The normalized spacial score (nSPS) is 13.5. The molecule has 40 heavy (non-hydrogen) atoms. The van der Waals surface area contributed by atoms with Crippen LogP contribution >= 0.6 is 11.3 Å². The van der Waals surface area contributed by atoms with Crippen LogP contribution in [0.15, 0.2) is 60.0 Å². The fourth-order valence-electron chi connectivity index (χ4n) is 4.43. The topological polar surface area (TPSA) is 99.3 Å². The fraction of sp³-hybridized carbons (Fsp3) is 0.364. The first-order valence-corrected chi connectivity index (χ1v) is 15.0. The summed E-state index contributed by atoms with van der Waals surface area (Å²) in [5.41, 5.74) is 11.3. The molecule has 0 atom stereocenters. The Hall–Kier alpha value is -3.55. The van der Waals surface area contributed by atoms with Gasteiger partial charge in [-0.3, -0.25) is 9.69 Å². The number of thiophene rings is 1. The van der Waals surface area contributed by atoms with Crippen LogP contribution in [0.2, 0.25) is 0 Å². The molecule has 0 saturated carbocycles. The van der Waals surface area contributed by atoms with Crippen molar-refractivity contribution in [2.75, 3.05) is 24.1 Å². The zero-order valence-corrected chi connectivity index (χ0v) is 25.3. The van der Waals surface area contributed by atoms with Crippen molar-refractivity contribution >= 4 is 46.7 Å². The number of carbonyl (C=O) groups excluding carboxylic acids is 2. The number of anilines is 2. The van der Waals surface area contributed by atoms with Crippen molar-refractivity contribution in [3.05, 3.63) is 87.1 Å². The molecule has 6 nitrogen and oxygen atoms in total. The van der Waals surface area contributed by atoms with Gasteiger partial charge in [0.05, 0.1) is 12.1 Å². The van der Waals surface area contributed by atoms with E-state index >= 15 is 0 Å². The first kappa shape index (κ1) is 32.7. The predicted molar refractivity (Wildman–Crippen MR) is 171 cm³/mol. The van der Waals surface area contributed by atoms with Gasteiger partial charge in [0.1, 0.15) is 6.29 Å². The molecular formula is C33H44N4O2S. The van der Waals surface area contributed by atoms with Crippen molar-refractivity contribution in [2.45, 2.75) is 60.4 Å². The Balaban J connectivity index is 0.00000134. The number of nitrogens with one attached hydrogen (secondary N) is 2. The van der Waals surface area contributed by atoms with E-state index in [0.717, 1.165) is 54.8 Å². The largest absolute Gasteiger partial charge is 0.398 e. The molecule has 1 saturated heterocycles. The van der Waals surface area contributed by atoms with Crippen molar-refractivity contribution in [3.8, 4) is 0 Å². The Morgan fingerprint density at radius 3 is 2.48 bits per heavy atom. The maximum Gasteiger partial charge on any atom is 0.229 e. The zero-order chi connectivity index (χ0) is 29.5. The van der Waals surface area contributed by atoms with E-state index in [2.05, 4.69) is 22.3 Å². The van der Waals surface area contributed by atoms with Gasteiger partial charge in [-0.2, -0.15) is 0 Å². The van der Waals surface area contributed by atoms with E-state index in [1.54, 1.807) is 29.5 Å². The van der Waals surface area contributed by atoms with Gasteiger partial charge in [0.15, 0.2) is 0 Å². The summed E-state index contributed by atoms with van der Waals surface area (Å²) in [6.45, 7) is 12.6. The molecule has 214 valence electrons. The lowest BCUT2D eigenvalue weighted by Crippen LogP contribution is -2.33. The summed E-state index contributed by atoms with van der Waals surface area (Å²) in [7, 11) is 0. The van der Waals surface area contributed by atoms with E-state index in [1.165, 1.54) is 5.56 Å². The average Bonchev–Trinajstić information content (AvgIpc) is 3.49. The molecular weight excluding hydrogens is 516 g/mol. The van der Waals surface area contributed by atoms with Crippen molar-refractivity contribution in [1.29, 1.82) is 5.41 Å². The molecule has 1 aromatic heterocycles. The molecule has 3 aromatic rings. The standard InChI is InChI=1S/C29H32N4O2S.2C2H6/c1-20-14-27(31)25(17-28(20)32-29(35)16-24-6-3-13-36-24)26(30)8-7-21-4-2-5-23(15-21)18-33-11-9-22(19-34)10-12-33;2*1-2/h2-8,13-15,17,19,22,30H,9-12,16,18,31H2,1H3,(H,32,35);2*1-2H3/b8-7+,30-26?;;. The Kier molecular flexibility index (Phi) is 14.0. The van der Waals surface area contributed by atoms with Gasteiger partial charge in [-0.15, -0.1) is 11.3 Å². The first-order chi connectivity index (χ1) is 19.4. The van der Waals surface area contributed by atoms with Crippen LogP contribution < -0.4 is 11.1 Å². The maximum absolute atomic E-state index is 12.5. The van der Waals surface area contributed by atoms with Crippen molar-refractivity contribution < 1.29 is 9.59 Å². The van der Waals surface area contributed by atoms with Crippen LogP contribution in [-0.2, 0) is 22.6 Å². The Bertz CT molecular complexity index is 1260. The summed E-state index contributed by atoms with van der Waals surface area (Å²) in [5.74, 6) is 0.108. The number of benzene rings is 2. The Morgan fingerprint density at radius 1 is 1.10 bits per heavy atom. The molecule has 4 rings (SSSR count). The zero-order valence-electron chi connectivity index (χ0n) is 24.5. The van der Waals surface area contributed by atoms with E-state index in [0.29, 0.717) is 23.4 Å². The molecule has 0 spiro atoms. The van der Waals surface area contributed by atoms with Crippen molar-refractivity contribution in [3.63, 3.8) is 0 Å². The quantitative estimate of drug-likeness (QED) is 0.145. The van der Waals surface area contributed by atoms with Crippen LogP contribution in [0.3, 0.4) is 0 Å². The third-order valence-electron chi connectivity index (χ3n) is 6.50. The van der Waals surface area contributed by atoms with Gasteiger partial charge in [-0.05, 0) is 79.2 Å². The number of aryl methyl sites for hydroxylation is 1. The minimum Gasteiger partial charge on any atom is -0.398 e. The second kappa shape index (κ2) is 17.2. The molecule has 1 aliphatic heterocycles. The van der Waals surface area contributed by atoms with E-state index in [1.807, 2.05) is 70.3 Å². The highest BCUT2D eigenvalue weighted by Gasteiger charge is 2.18. The predicted octanol–water partition coefficient (Wildman–Crippen LogP) is 7.36. The van der Waals surface area contributed by atoms with Gasteiger partial charge in [0.2, 0.25) is 5.91 Å². The fourth-order valence-corrected chi connectivity index (χ4v) is 5.14. The van der Waals surface area contributed by atoms with Crippen LogP contribution in [0, 0.1) is 18.3 Å². The van der Waals surface area contributed by atoms with Gasteiger partial charge in [-0.1, -0.05) is 64.1 Å². The first-order valence-electron chi connectivity index (χ1n) is 14.2. The number of piperidine rings is 1. The van der Waals surface area contributed by atoms with Gasteiger partial charge in [-0.25, -0.2) is 0 Å². The minimum atomic E-state index is -0.0921. The van der Waals surface area contributed by atoms with Crippen molar-refractivity contribution in [1.82, 2.24) is 4.90 Å². The number of hydrogen-bond acceptors (Lipinski definition) is 6. The molecule has 0 unspecified atom stereocenters. The number of nitrogens with zero attached hydrogens (tertiary/aromatic N) is 1. The number of rotatable bonds is 9. The van der Waals surface area contributed by atoms with Crippen LogP contribution in [0.4, 0.5) is 11.4 Å². The summed E-state index contributed by atoms with van der Waals surface area (Å²) in [6, 6.07) is 15.7. The van der Waals surface area contributed by atoms with Crippen LogP contribution in [-0.4, -0.2) is 35.9 Å². The molecule has 0 radical (unpaired) electrons. The third-order valence-corrected chi connectivity index (χ3v) is 7.38. The Morgan fingerprint density at radius 2 is 1.82 bits per heavy atom. The molecule has 1 aliphatic rings. The number of carbonyl (C=O) groups is 2. The number of nitrogens with two attached hydrogens (primary N) is 1. The molecule has 4 N–H and O–H groups in total. The van der Waals surface area contributed by atoms with Gasteiger partial charge in [0, 0.05) is 34.3 Å². The lowest BCUT2D eigenvalue weighted by atomic mass is 9.98. The highest BCUT2D eigenvalue weighted by Crippen LogP contribution is 2.25. The monoisotopic (exact) mass is 560 g/mol. The molecule has 2 heterocycles. The second-order valence-corrected chi connectivity index (χ2v) is 10.3. The molecule has 1 amide bonds. The van der Waals surface area contributed by atoms with E-state index in [-0.39, 0.29) is 17.5 Å². The lowest BCUT2D eigenvalue weighted by Gasteiger charge is -2.29. The lowest BCUT2D eigenvalue weighted by molar-refractivity contribution is -0.115. The number of aldehydes is 1. The summed E-state index contributed by atoms with van der Waals surface area (Å²) >= 11 is 1.55. The third kappa shape index (κ3) is 9.88. The van der Waals surface area contributed by atoms with Crippen LogP contribution in [0.25, 0.3) is 6.08 Å². The van der Waals surface area contributed by atoms with Crippen LogP contribution in [0.1, 0.15) is 67.7 Å². The number of amides is 1. The van der Waals surface area contributed by atoms with Gasteiger partial charge >= 0.3 is 0 Å². The Labute approximate surface area is 243 Å². The number of hydrogen-bond donors (Lipinski definition) is 3. The van der Waals surface area contributed by atoms with Crippen molar-refractivity contribution in [2.24, 2.45) is 5.92 Å². The number of allylic oxidation sites excluding steroid dienone is 1.